The zero-order valence-corrected chi connectivity index (χ0v) is 19.9. The van der Waals surface area contributed by atoms with Gasteiger partial charge in [-0.05, 0) is 43.2 Å². The maximum atomic E-state index is 13.1. The summed E-state index contributed by atoms with van der Waals surface area (Å²) >= 11 is 0. The van der Waals surface area contributed by atoms with E-state index in [2.05, 4.69) is 48.4 Å². The molecule has 0 unspecified atom stereocenters. The first-order chi connectivity index (χ1) is 15.5. The van der Waals surface area contributed by atoms with Crippen molar-refractivity contribution in [3.05, 3.63) is 113 Å². The number of benzene rings is 1. The Bertz CT molecular complexity index is 1020. The Balaban J connectivity index is 0.00000176. The van der Waals surface area contributed by atoms with Gasteiger partial charge in [0.2, 0.25) is 0 Å². The fraction of sp³-hybridized carbons (Fsp3) is 0.250. The Morgan fingerprint density at radius 3 is 2.47 bits per heavy atom. The number of carbonyl (C=O) groups is 1. The van der Waals surface area contributed by atoms with Gasteiger partial charge < -0.3 is 15.5 Å². The van der Waals surface area contributed by atoms with E-state index in [0.29, 0.717) is 5.57 Å². The second kappa shape index (κ2) is 12.4. The molecule has 0 heterocycles. The molecule has 0 fully saturated rings. The summed E-state index contributed by atoms with van der Waals surface area (Å²) in [5, 5.41) is 6.48. The first-order valence-electron chi connectivity index (χ1n) is 11.1. The minimum Gasteiger partial charge on any atom is -0.381 e. The predicted octanol–water partition coefficient (Wildman–Crippen LogP) is 6.17. The first kappa shape index (κ1) is 24.7. The molecule has 0 bridgehead atoms. The average molecular weight is 430 g/mol. The van der Waals surface area contributed by atoms with Crippen molar-refractivity contribution in [2.45, 2.75) is 33.6 Å². The number of amides is 1. The van der Waals surface area contributed by atoms with E-state index in [1.54, 1.807) is 0 Å². The van der Waals surface area contributed by atoms with Crippen LogP contribution in [0.3, 0.4) is 0 Å². The SMILES string of the molecule is C=C(Nc1ccccc1C)C1=CCC=CC=C1NC(=O)C1=CC=CCC(N(C)C)=C1.CC. The second-order valence-electron chi connectivity index (χ2n) is 7.52. The number of para-hydroxylation sites is 1. The summed E-state index contributed by atoms with van der Waals surface area (Å²) in [4.78, 5) is 15.1. The van der Waals surface area contributed by atoms with Crippen molar-refractivity contribution in [2.75, 3.05) is 19.4 Å². The summed E-state index contributed by atoms with van der Waals surface area (Å²) < 4.78 is 0. The minimum absolute atomic E-state index is 0.142. The molecule has 0 saturated carbocycles. The van der Waals surface area contributed by atoms with E-state index in [1.165, 1.54) is 0 Å². The molecule has 1 aromatic carbocycles. The van der Waals surface area contributed by atoms with Gasteiger partial charge in [-0.1, -0.05) is 69.0 Å². The zero-order chi connectivity index (χ0) is 23.5. The Hall–Kier alpha value is -3.53. The Morgan fingerprint density at radius 2 is 1.75 bits per heavy atom. The van der Waals surface area contributed by atoms with Crippen LogP contribution in [0.2, 0.25) is 0 Å². The lowest BCUT2D eigenvalue weighted by atomic mass is 10.1. The molecule has 2 aliphatic carbocycles. The van der Waals surface area contributed by atoms with E-state index in [4.69, 9.17) is 0 Å². The fourth-order valence-corrected chi connectivity index (χ4v) is 3.26. The van der Waals surface area contributed by atoms with Crippen LogP contribution in [0, 0.1) is 6.92 Å². The van der Waals surface area contributed by atoms with Crippen molar-refractivity contribution in [1.29, 1.82) is 0 Å². The Morgan fingerprint density at radius 1 is 1.03 bits per heavy atom. The van der Waals surface area contributed by atoms with Crippen LogP contribution < -0.4 is 10.6 Å². The molecule has 3 rings (SSSR count). The number of rotatable bonds is 6. The van der Waals surface area contributed by atoms with Crippen LogP contribution in [-0.2, 0) is 4.79 Å². The summed E-state index contributed by atoms with van der Waals surface area (Å²) in [5.74, 6) is -0.142. The van der Waals surface area contributed by atoms with Gasteiger partial charge >= 0.3 is 0 Å². The summed E-state index contributed by atoms with van der Waals surface area (Å²) in [6.07, 6.45) is 17.4. The van der Waals surface area contributed by atoms with Crippen molar-refractivity contribution in [3.8, 4) is 0 Å². The van der Waals surface area contributed by atoms with E-state index in [9.17, 15) is 4.79 Å². The highest BCUT2D eigenvalue weighted by Crippen LogP contribution is 2.24. The summed E-state index contributed by atoms with van der Waals surface area (Å²) in [6.45, 7) is 10.3. The van der Waals surface area contributed by atoms with Gasteiger partial charge in [0.1, 0.15) is 0 Å². The van der Waals surface area contributed by atoms with Crippen molar-refractivity contribution in [3.63, 3.8) is 0 Å². The lowest BCUT2D eigenvalue weighted by Gasteiger charge is -2.19. The summed E-state index contributed by atoms with van der Waals surface area (Å²) in [7, 11) is 3.97. The third-order valence-corrected chi connectivity index (χ3v) is 5.05. The van der Waals surface area contributed by atoms with Gasteiger partial charge in [-0.25, -0.2) is 0 Å². The molecular formula is C28H35N3O. The molecule has 0 radical (unpaired) electrons. The van der Waals surface area contributed by atoms with Crippen LogP contribution in [-0.4, -0.2) is 24.9 Å². The molecule has 4 nitrogen and oxygen atoms in total. The number of allylic oxidation sites excluding steroid dienone is 7. The highest BCUT2D eigenvalue weighted by Gasteiger charge is 2.17. The number of aryl methyl sites for hydroxylation is 1. The highest BCUT2D eigenvalue weighted by molar-refractivity contribution is 5.98. The largest absolute Gasteiger partial charge is 0.381 e. The Labute approximate surface area is 193 Å². The molecule has 0 aliphatic heterocycles. The maximum absolute atomic E-state index is 13.1. The van der Waals surface area contributed by atoms with Gasteiger partial charge in [0.05, 0.1) is 5.70 Å². The van der Waals surface area contributed by atoms with Gasteiger partial charge in [0, 0.05) is 48.7 Å². The fourth-order valence-electron chi connectivity index (χ4n) is 3.26. The molecule has 2 N–H and O–H groups in total. The van der Waals surface area contributed by atoms with Gasteiger partial charge in [-0.15, -0.1) is 0 Å². The predicted molar refractivity (Wildman–Crippen MR) is 137 cm³/mol. The smallest absolute Gasteiger partial charge is 0.255 e. The number of hydrogen-bond acceptors (Lipinski definition) is 3. The number of nitrogens with zero attached hydrogens (tertiary/aromatic N) is 1. The third-order valence-electron chi connectivity index (χ3n) is 5.05. The highest BCUT2D eigenvalue weighted by atomic mass is 16.1. The zero-order valence-electron chi connectivity index (χ0n) is 19.9. The van der Waals surface area contributed by atoms with Crippen molar-refractivity contribution < 1.29 is 4.79 Å². The molecule has 0 atom stereocenters. The summed E-state index contributed by atoms with van der Waals surface area (Å²) in [5.41, 5.74) is 6.21. The maximum Gasteiger partial charge on any atom is 0.255 e. The van der Waals surface area contributed by atoms with Crippen molar-refractivity contribution >= 4 is 11.6 Å². The van der Waals surface area contributed by atoms with E-state index in [0.717, 1.165) is 46.8 Å². The monoisotopic (exact) mass is 429 g/mol. The quantitative estimate of drug-likeness (QED) is 0.569. The number of nitrogens with one attached hydrogen (secondary N) is 2. The molecular weight excluding hydrogens is 394 g/mol. The van der Waals surface area contributed by atoms with Gasteiger partial charge in [0.25, 0.3) is 5.91 Å². The molecule has 1 aromatic rings. The number of carbonyl (C=O) groups excluding carboxylic acids is 1. The Kier molecular flexibility index (Phi) is 9.55. The standard InChI is InChI=1S/C26H29N3O.C2H6/c1-19-12-8-11-16-24(19)27-20(2)23-15-6-5-7-17-25(23)28-26(30)21-13-9-10-14-22(18-21)29(3)4;1-2/h5,7-13,15-18,27H,2,6,14H2,1,3-4H3,(H,28,30);1-2H3. The van der Waals surface area contributed by atoms with Crippen LogP contribution in [0.15, 0.2) is 108 Å². The van der Waals surface area contributed by atoms with E-state index >= 15 is 0 Å². The van der Waals surface area contributed by atoms with Gasteiger partial charge in [-0.3, -0.25) is 4.79 Å². The second-order valence-corrected chi connectivity index (χ2v) is 7.52. The topological polar surface area (TPSA) is 44.4 Å². The molecule has 0 spiro atoms. The lowest BCUT2D eigenvalue weighted by molar-refractivity contribution is -0.116. The molecule has 4 heteroatoms. The van der Waals surface area contributed by atoms with Crippen LogP contribution >= 0.6 is 0 Å². The molecule has 0 saturated heterocycles. The molecule has 2 aliphatic rings. The normalized spacial score (nSPS) is 14.9. The molecule has 1 amide bonds. The first-order valence-corrected chi connectivity index (χ1v) is 11.1. The van der Waals surface area contributed by atoms with Crippen molar-refractivity contribution in [1.82, 2.24) is 10.2 Å². The van der Waals surface area contributed by atoms with Crippen LogP contribution in [0.25, 0.3) is 0 Å². The van der Waals surface area contributed by atoms with Crippen LogP contribution in [0.1, 0.15) is 32.3 Å². The third kappa shape index (κ3) is 6.74. The number of hydrogen-bond donors (Lipinski definition) is 2. The van der Waals surface area contributed by atoms with Gasteiger partial charge in [0.15, 0.2) is 0 Å². The summed E-state index contributed by atoms with van der Waals surface area (Å²) in [6, 6.07) is 8.07. The van der Waals surface area contributed by atoms with E-state index in [-0.39, 0.29) is 5.91 Å². The average Bonchev–Trinajstić information content (AvgIpc) is 3.18. The number of anilines is 1. The van der Waals surface area contributed by atoms with E-state index in [1.807, 2.05) is 81.4 Å². The minimum atomic E-state index is -0.142. The molecule has 0 aromatic heterocycles. The van der Waals surface area contributed by atoms with E-state index < -0.39 is 0 Å². The van der Waals surface area contributed by atoms with Crippen LogP contribution in [0.5, 0.6) is 0 Å². The van der Waals surface area contributed by atoms with Crippen LogP contribution in [0.4, 0.5) is 5.69 Å². The van der Waals surface area contributed by atoms with Crippen molar-refractivity contribution in [2.24, 2.45) is 0 Å². The molecule has 32 heavy (non-hydrogen) atoms. The van der Waals surface area contributed by atoms with Gasteiger partial charge in [-0.2, -0.15) is 0 Å². The molecule has 168 valence electrons. The lowest BCUT2D eigenvalue weighted by Crippen LogP contribution is -2.26.